The highest BCUT2D eigenvalue weighted by Gasteiger charge is 2.32. The molecule has 1 aromatic heterocycles. The van der Waals surface area contributed by atoms with Crippen LogP contribution in [0.4, 0.5) is 0 Å². The molecule has 0 aliphatic rings. The number of benzene rings is 3. The molecule has 0 amide bonds. The summed E-state index contributed by atoms with van der Waals surface area (Å²) in [6.07, 6.45) is 1.83. The molecule has 0 saturated carbocycles. The van der Waals surface area contributed by atoms with Gasteiger partial charge in [0.15, 0.2) is 9.84 Å². The average molecular weight is 361 g/mol. The number of fused-ring (bicyclic) bond motifs is 1. The van der Waals surface area contributed by atoms with Gasteiger partial charge < -0.3 is 4.98 Å². The summed E-state index contributed by atoms with van der Waals surface area (Å²) in [6.45, 7) is 2.01. The molecule has 4 rings (SSSR count). The van der Waals surface area contributed by atoms with Crippen LogP contribution >= 0.6 is 0 Å². The third-order valence-electron chi connectivity index (χ3n) is 4.71. The number of rotatable bonds is 4. The molecule has 0 bridgehead atoms. The second kappa shape index (κ2) is 6.46. The third kappa shape index (κ3) is 2.72. The van der Waals surface area contributed by atoms with Crippen molar-refractivity contribution in [2.45, 2.75) is 17.1 Å². The molecule has 0 radical (unpaired) electrons. The first kappa shape index (κ1) is 16.6. The molecule has 1 unspecified atom stereocenters. The number of H-pyrrole nitrogens is 1. The zero-order valence-corrected chi connectivity index (χ0v) is 15.2. The predicted octanol–water partition coefficient (Wildman–Crippen LogP) is 5.04. The first-order valence-corrected chi connectivity index (χ1v) is 10.0. The summed E-state index contributed by atoms with van der Waals surface area (Å²) < 4.78 is 27.1. The molecule has 4 heteroatoms. The highest BCUT2D eigenvalue weighted by atomic mass is 32.2. The van der Waals surface area contributed by atoms with E-state index in [-0.39, 0.29) is 0 Å². The Hall–Kier alpha value is -2.85. The van der Waals surface area contributed by atoms with Crippen LogP contribution in [0, 0.1) is 6.92 Å². The van der Waals surface area contributed by atoms with Gasteiger partial charge in [0.25, 0.3) is 0 Å². The number of hydrogen-bond donors (Lipinski definition) is 1. The Labute approximate surface area is 153 Å². The maximum absolute atomic E-state index is 13.6. The monoisotopic (exact) mass is 361 g/mol. The molecule has 0 fully saturated rings. The minimum Gasteiger partial charge on any atom is -0.361 e. The van der Waals surface area contributed by atoms with E-state index >= 15 is 0 Å². The molecular weight excluding hydrogens is 342 g/mol. The molecule has 1 heterocycles. The molecule has 0 spiro atoms. The van der Waals surface area contributed by atoms with Crippen LogP contribution in [0.15, 0.2) is 90.0 Å². The fraction of sp³-hybridized carbons (Fsp3) is 0.0909. The summed E-state index contributed by atoms with van der Waals surface area (Å²) in [5, 5.41) is 0.210. The van der Waals surface area contributed by atoms with Gasteiger partial charge in [0.2, 0.25) is 0 Å². The lowest BCUT2D eigenvalue weighted by molar-refractivity contribution is 0.589. The number of aromatic nitrogens is 1. The Morgan fingerprint density at radius 3 is 2.15 bits per heavy atom. The summed E-state index contributed by atoms with van der Waals surface area (Å²) in [4.78, 5) is 3.57. The number of nitrogens with one attached hydrogen (secondary N) is 1. The van der Waals surface area contributed by atoms with Crippen molar-refractivity contribution >= 4 is 20.7 Å². The maximum atomic E-state index is 13.6. The van der Waals surface area contributed by atoms with Gasteiger partial charge in [-0.15, -0.1) is 0 Å². The Morgan fingerprint density at radius 1 is 0.808 bits per heavy atom. The smallest absolute Gasteiger partial charge is 0.189 e. The van der Waals surface area contributed by atoms with Crippen molar-refractivity contribution in [1.82, 2.24) is 4.98 Å². The lowest BCUT2D eigenvalue weighted by atomic mass is 10.0. The van der Waals surface area contributed by atoms with Crippen LogP contribution in [-0.4, -0.2) is 13.4 Å². The van der Waals surface area contributed by atoms with Crippen molar-refractivity contribution in [1.29, 1.82) is 0 Å². The molecule has 1 N–H and O–H groups in total. The van der Waals surface area contributed by atoms with Crippen LogP contribution in [0.25, 0.3) is 10.9 Å². The van der Waals surface area contributed by atoms with Gasteiger partial charge in [-0.25, -0.2) is 8.42 Å². The van der Waals surface area contributed by atoms with Crippen LogP contribution in [0.5, 0.6) is 0 Å². The van der Waals surface area contributed by atoms with Gasteiger partial charge in [0, 0.05) is 22.7 Å². The number of aryl methyl sites for hydroxylation is 1. The van der Waals surface area contributed by atoms with Crippen molar-refractivity contribution in [3.63, 3.8) is 0 Å². The van der Waals surface area contributed by atoms with Crippen LogP contribution in [0.3, 0.4) is 0 Å². The number of hydrogen-bond acceptors (Lipinski definition) is 2. The summed E-state index contributed by atoms with van der Waals surface area (Å²) >= 11 is 0. The number of aromatic amines is 1. The molecule has 26 heavy (non-hydrogen) atoms. The van der Waals surface area contributed by atoms with Crippen molar-refractivity contribution in [3.05, 3.63) is 102 Å². The fourth-order valence-corrected chi connectivity index (χ4v) is 5.35. The van der Waals surface area contributed by atoms with Gasteiger partial charge in [0.05, 0.1) is 4.90 Å². The largest absolute Gasteiger partial charge is 0.361 e. The van der Waals surface area contributed by atoms with E-state index in [4.69, 9.17) is 0 Å². The lowest BCUT2D eigenvalue weighted by Crippen LogP contribution is -2.15. The first-order valence-electron chi connectivity index (χ1n) is 8.49. The maximum Gasteiger partial charge on any atom is 0.189 e. The van der Waals surface area contributed by atoms with E-state index in [0.717, 1.165) is 27.6 Å². The van der Waals surface area contributed by atoms with Crippen LogP contribution in [0.2, 0.25) is 0 Å². The van der Waals surface area contributed by atoms with Gasteiger partial charge in [-0.3, -0.25) is 0 Å². The van der Waals surface area contributed by atoms with E-state index in [1.165, 1.54) is 0 Å². The van der Waals surface area contributed by atoms with E-state index in [9.17, 15) is 8.42 Å². The minimum absolute atomic E-state index is 0.330. The quantitative estimate of drug-likeness (QED) is 0.554. The molecule has 130 valence electrons. The van der Waals surface area contributed by atoms with Gasteiger partial charge in [-0.2, -0.15) is 0 Å². The Morgan fingerprint density at radius 2 is 1.46 bits per heavy atom. The SMILES string of the molecule is Cc1cccc2[nH]cc(C(c3ccccc3)S(=O)(=O)c3ccccc3)c12. The summed E-state index contributed by atoms with van der Waals surface area (Å²) in [6, 6.07) is 24.0. The Balaban J connectivity index is 2.01. The van der Waals surface area contributed by atoms with Gasteiger partial charge in [-0.05, 0) is 36.2 Å². The molecule has 4 aromatic rings. The van der Waals surface area contributed by atoms with E-state index in [1.54, 1.807) is 24.3 Å². The lowest BCUT2D eigenvalue weighted by Gasteiger charge is -2.19. The second-order valence-electron chi connectivity index (χ2n) is 6.39. The van der Waals surface area contributed by atoms with Crippen molar-refractivity contribution in [2.75, 3.05) is 0 Å². The predicted molar refractivity (Wildman–Crippen MR) is 105 cm³/mol. The van der Waals surface area contributed by atoms with Crippen molar-refractivity contribution in [2.24, 2.45) is 0 Å². The summed E-state index contributed by atoms with van der Waals surface area (Å²) in [5.74, 6) is 0. The Bertz CT molecular complexity index is 1150. The van der Waals surface area contributed by atoms with E-state index in [1.807, 2.05) is 67.7 Å². The third-order valence-corrected chi connectivity index (χ3v) is 6.79. The molecular formula is C22H19NO2S. The van der Waals surface area contributed by atoms with Crippen LogP contribution in [-0.2, 0) is 9.84 Å². The van der Waals surface area contributed by atoms with Gasteiger partial charge >= 0.3 is 0 Å². The highest BCUT2D eigenvalue weighted by Crippen LogP contribution is 2.39. The Kier molecular flexibility index (Phi) is 4.13. The van der Waals surface area contributed by atoms with Crippen molar-refractivity contribution in [3.8, 4) is 0 Å². The molecule has 3 aromatic carbocycles. The van der Waals surface area contributed by atoms with E-state index in [2.05, 4.69) is 4.98 Å². The normalized spacial score (nSPS) is 13.0. The zero-order valence-electron chi connectivity index (χ0n) is 14.4. The molecule has 1 atom stereocenters. The molecule has 0 aliphatic carbocycles. The summed E-state index contributed by atoms with van der Waals surface area (Å²) in [5.41, 5.74) is 3.56. The van der Waals surface area contributed by atoms with Gasteiger partial charge in [0.1, 0.15) is 5.25 Å². The van der Waals surface area contributed by atoms with E-state index in [0.29, 0.717) is 4.90 Å². The van der Waals surface area contributed by atoms with E-state index < -0.39 is 15.1 Å². The number of sulfone groups is 1. The molecule has 0 saturated heterocycles. The zero-order chi connectivity index (χ0) is 18.1. The van der Waals surface area contributed by atoms with Gasteiger partial charge in [-0.1, -0.05) is 60.7 Å². The fourth-order valence-electron chi connectivity index (χ4n) is 3.51. The topological polar surface area (TPSA) is 49.9 Å². The average Bonchev–Trinajstić information content (AvgIpc) is 3.08. The van der Waals surface area contributed by atoms with Crippen LogP contribution < -0.4 is 0 Å². The molecule has 3 nitrogen and oxygen atoms in total. The first-order chi connectivity index (χ1) is 12.6. The summed E-state index contributed by atoms with van der Waals surface area (Å²) in [7, 11) is -3.61. The van der Waals surface area contributed by atoms with Crippen LogP contribution in [0.1, 0.15) is 21.9 Å². The van der Waals surface area contributed by atoms with Crippen molar-refractivity contribution < 1.29 is 8.42 Å². The second-order valence-corrected chi connectivity index (χ2v) is 8.42. The standard InChI is InChI=1S/C22H19NO2S/c1-16-9-8-14-20-21(16)19(15-23-20)22(17-10-4-2-5-11-17)26(24,25)18-12-6-3-7-13-18/h2-15,22-23H,1H3. The minimum atomic E-state index is -3.61. The highest BCUT2D eigenvalue weighted by molar-refractivity contribution is 7.92. The molecule has 0 aliphatic heterocycles.